The number of fused-ring (bicyclic) bond motifs is 2. The summed E-state index contributed by atoms with van der Waals surface area (Å²) < 4.78 is 33.7. The molecule has 0 aliphatic carbocycles. The topological polar surface area (TPSA) is 188 Å². The molecule has 59 heavy (non-hydrogen) atoms. The molecular formula is C46H42N4O8S. The maximum absolute atomic E-state index is 14.2. The van der Waals surface area contributed by atoms with E-state index in [-0.39, 0.29) is 38.0 Å². The molecule has 0 fully saturated rings. The second-order valence-electron chi connectivity index (χ2n) is 14.3. The van der Waals surface area contributed by atoms with E-state index in [1.807, 2.05) is 18.2 Å². The van der Waals surface area contributed by atoms with Crippen LogP contribution in [0.3, 0.4) is 0 Å². The number of anilines is 3. The zero-order chi connectivity index (χ0) is 41.8. The Hall–Kier alpha value is -6.83. The lowest BCUT2D eigenvalue weighted by Gasteiger charge is -2.16. The van der Waals surface area contributed by atoms with Gasteiger partial charge in [-0.25, -0.2) is 8.42 Å². The van der Waals surface area contributed by atoms with Crippen molar-refractivity contribution in [1.82, 2.24) is 9.97 Å². The van der Waals surface area contributed by atoms with Gasteiger partial charge in [0.1, 0.15) is 11.5 Å². The Balaban J connectivity index is 1.03. The highest BCUT2D eigenvalue weighted by molar-refractivity contribution is 7.91. The third-order valence-electron chi connectivity index (χ3n) is 10.2. The lowest BCUT2D eigenvalue weighted by molar-refractivity contribution is 0.101. The Morgan fingerprint density at radius 3 is 2.41 bits per heavy atom. The van der Waals surface area contributed by atoms with Crippen molar-refractivity contribution >= 4 is 60.4 Å². The molecule has 0 radical (unpaired) electrons. The van der Waals surface area contributed by atoms with E-state index in [9.17, 15) is 33.0 Å². The van der Waals surface area contributed by atoms with Gasteiger partial charge in [-0.2, -0.15) is 0 Å². The van der Waals surface area contributed by atoms with Gasteiger partial charge in [-0.05, 0) is 117 Å². The molecule has 12 nitrogen and oxygen atoms in total. The number of methoxy groups -OCH3 is 1. The van der Waals surface area contributed by atoms with Gasteiger partial charge in [0.15, 0.2) is 5.78 Å². The summed E-state index contributed by atoms with van der Waals surface area (Å²) in [5, 5.41) is 28.2. The summed E-state index contributed by atoms with van der Waals surface area (Å²) in [6, 6.07) is 29.5. The number of H-pyrrole nitrogens is 1. The molecule has 0 spiro atoms. The molecule has 0 saturated carbocycles. The maximum atomic E-state index is 14.2. The lowest BCUT2D eigenvalue weighted by atomic mass is 9.97. The van der Waals surface area contributed by atoms with Crippen LogP contribution in [0.5, 0.6) is 11.5 Å². The van der Waals surface area contributed by atoms with Crippen LogP contribution in [0, 0.1) is 6.92 Å². The van der Waals surface area contributed by atoms with Gasteiger partial charge in [0.25, 0.3) is 5.91 Å². The minimum absolute atomic E-state index is 0.0206. The number of nitrogens with one attached hydrogen (secondary N) is 3. The minimum atomic E-state index is -4.15. The van der Waals surface area contributed by atoms with Crippen molar-refractivity contribution in [2.24, 2.45) is 0 Å². The van der Waals surface area contributed by atoms with Crippen molar-refractivity contribution in [1.29, 1.82) is 0 Å². The molecule has 5 aromatic carbocycles. The number of rotatable bonds is 14. The van der Waals surface area contributed by atoms with Crippen LogP contribution in [0.1, 0.15) is 69.7 Å². The van der Waals surface area contributed by atoms with E-state index in [1.54, 1.807) is 62.6 Å². The van der Waals surface area contributed by atoms with Gasteiger partial charge in [-0.1, -0.05) is 36.8 Å². The van der Waals surface area contributed by atoms with E-state index in [4.69, 9.17) is 4.74 Å². The fourth-order valence-electron chi connectivity index (χ4n) is 7.12. The minimum Gasteiger partial charge on any atom is -0.506 e. The number of nitrogens with zero attached hydrogens (tertiary/aromatic N) is 1. The number of aliphatic hydroxyl groups is 1. The van der Waals surface area contributed by atoms with Crippen molar-refractivity contribution in [3.05, 3.63) is 154 Å². The number of Topliss-reactive ketones (excluding diaryl/α,β-unsaturated/α-hetero) is 1. The molecule has 0 aliphatic heterocycles. The number of carbonyl (C=O) groups is 2. The van der Waals surface area contributed by atoms with Crippen molar-refractivity contribution < 1.29 is 33.0 Å². The van der Waals surface area contributed by atoms with Crippen molar-refractivity contribution in [3.8, 4) is 11.5 Å². The number of hydrogen-bond acceptors (Lipinski definition) is 10. The molecule has 2 aromatic heterocycles. The summed E-state index contributed by atoms with van der Waals surface area (Å²) in [6.07, 6.45) is 3.45. The number of hydrogen-bond donors (Lipinski definition) is 5. The van der Waals surface area contributed by atoms with Crippen LogP contribution in [-0.2, 0) is 16.3 Å². The number of sulfone groups is 1. The smallest absolute Gasteiger partial charge is 0.255 e. The number of aliphatic hydroxyl groups excluding tert-OH is 1. The van der Waals surface area contributed by atoms with Gasteiger partial charge in [0, 0.05) is 46.0 Å². The molecule has 0 aliphatic rings. The summed E-state index contributed by atoms with van der Waals surface area (Å²) in [5.41, 5.74) is 4.77. The molecule has 5 N–H and O–H groups in total. The number of carbonyl (C=O) groups excluding carboxylic acids is 2. The number of aromatic amines is 1. The fraction of sp³-hybridized carbons (Fsp3) is 0.174. The normalized spacial score (nSPS) is 12.0. The first-order valence-corrected chi connectivity index (χ1v) is 20.4. The highest BCUT2D eigenvalue weighted by Crippen LogP contribution is 2.36. The van der Waals surface area contributed by atoms with Gasteiger partial charge >= 0.3 is 0 Å². The Morgan fingerprint density at radius 1 is 0.864 bits per heavy atom. The molecular weight excluding hydrogens is 769 g/mol. The molecule has 0 saturated heterocycles. The number of unbranched alkanes of at least 4 members (excludes halogenated alkanes) is 1. The van der Waals surface area contributed by atoms with Gasteiger partial charge < -0.3 is 30.6 Å². The number of aryl methyl sites for hydroxylation is 2. The SMILES string of the molecule is COc1cccc(Nc2c(C(C)=O)cnc3c(C)cc(S(=O)(=O)c4cccc(C(=O)Nc5ccc(CCCC[C@H](O)c6ccc(O)c7[nH]c(=O)ccc67)cc5)c4)cc23)c1. The van der Waals surface area contributed by atoms with Gasteiger partial charge in [0.05, 0.1) is 45.3 Å². The van der Waals surface area contributed by atoms with Crippen molar-refractivity contribution in [2.45, 2.75) is 55.4 Å². The van der Waals surface area contributed by atoms with Crippen LogP contribution in [0.2, 0.25) is 0 Å². The fourth-order valence-corrected chi connectivity index (χ4v) is 8.54. The largest absolute Gasteiger partial charge is 0.506 e. The quantitative estimate of drug-likeness (QED) is 0.0526. The summed E-state index contributed by atoms with van der Waals surface area (Å²) in [5.74, 6) is -0.189. The molecule has 1 atom stereocenters. The molecule has 0 bridgehead atoms. The Labute approximate surface area is 340 Å². The summed E-state index contributed by atoms with van der Waals surface area (Å²) in [4.78, 5) is 44.9. The second kappa shape index (κ2) is 16.9. The van der Waals surface area contributed by atoms with Crippen molar-refractivity contribution in [2.75, 3.05) is 17.7 Å². The van der Waals surface area contributed by atoms with Crippen LogP contribution in [0.25, 0.3) is 21.8 Å². The zero-order valence-electron chi connectivity index (χ0n) is 32.6. The number of amides is 1. The average Bonchev–Trinajstić information content (AvgIpc) is 3.23. The molecule has 0 unspecified atom stereocenters. The third-order valence-corrected chi connectivity index (χ3v) is 12.0. The number of ether oxygens (including phenoxy) is 1. The van der Waals surface area contributed by atoms with E-state index < -0.39 is 21.8 Å². The van der Waals surface area contributed by atoms with Crippen LogP contribution >= 0.6 is 0 Å². The number of benzene rings is 5. The molecule has 300 valence electrons. The van der Waals surface area contributed by atoms with Gasteiger partial charge in [0.2, 0.25) is 15.4 Å². The van der Waals surface area contributed by atoms with E-state index >= 15 is 0 Å². The van der Waals surface area contributed by atoms with E-state index in [1.165, 1.54) is 55.6 Å². The number of aromatic hydroxyl groups is 1. The zero-order valence-corrected chi connectivity index (χ0v) is 33.4. The summed E-state index contributed by atoms with van der Waals surface area (Å²) in [6.45, 7) is 3.17. The number of phenols is 1. The Kier molecular flexibility index (Phi) is 11.6. The molecule has 7 aromatic rings. The molecule has 13 heteroatoms. The van der Waals surface area contributed by atoms with Crippen LogP contribution in [-0.4, -0.2) is 47.4 Å². The van der Waals surface area contributed by atoms with Gasteiger partial charge in [-0.15, -0.1) is 0 Å². The number of phenolic OH excluding ortho intramolecular Hbond substituents is 1. The number of pyridine rings is 2. The molecule has 1 amide bonds. The first kappa shape index (κ1) is 40.4. The predicted octanol–water partition coefficient (Wildman–Crippen LogP) is 8.58. The number of aromatic nitrogens is 2. The van der Waals surface area contributed by atoms with Crippen LogP contribution in [0.4, 0.5) is 17.1 Å². The first-order chi connectivity index (χ1) is 28.3. The number of ketones is 1. The summed E-state index contributed by atoms with van der Waals surface area (Å²) in [7, 11) is -2.60. The third kappa shape index (κ3) is 8.71. The predicted molar refractivity (Wildman–Crippen MR) is 228 cm³/mol. The Morgan fingerprint density at radius 2 is 1.64 bits per heavy atom. The standard InChI is InChI=1S/C46H42N4O8S/c1-27-22-35(25-38-43(27)47-26-39(28(2)51)44(38)48-32-10-7-11-33(24-32)58-3)59(56,57)34-12-6-9-30(23-34)46(55)49-31-16-14-29(15-17-31)8-4-5-13-40(52)36-18-20-41(53)45-37(36)19-21-42(54)50-45/h6-7,9-12,14-26,40,52-53H,4-5,8,13H2,1-3H3,(H,47,48)(H,49,55)(H,50,54)/t40-/m0/s1. The van der Waals surface area contributed by atoms with E-state index in [2.05, 4.69) is 20.6 Å². The lowest BCUT2D eigenvalue weighted by Crippen LogP contribution is -2.13. The molecule has 2 heterocycles. The highest BCUT2D eigenvalue weighted by Gasteiger charge is 2.23. The van der Waals surface area contributed by atoms with E-state index in [0.29, 0.717) is 62.2 Å². The van der Waals surface area contributed by atoms with Crippen molar-refractivity contribution in [3.63, 3.8) is 0 Å². The highest BCUT2D eigenvalue weighted by atomic mass is 32.2. The van der Waals surface area contributed by atoms with Gasteiger partial charge in [-0.3, -0.25) is 19.4 Å². The average molecular weight is 811 g/mol. The summed E-state index contributed by atoms with van der Waals surface area (Å²) >= 11 is 0. The monoisotopic (exact) mass is 810 g/mol. The van der Waals surface area contributed by atoms with E-state index in [0.717, 1.165) is 24.8 Å². The van der Waals surface area contributed by atoms with Crippen LogP contribution in [0.15, 0.2) is 130 Å². The first-order valence-electron chi connectivity index (χ1n) is 19.0. The van der Waals surface area contributed by atoms with Crippen LogP contribution < -0.4 is 20.9 Å². The Bertz CT molecular complexity index is 2910. The maximum Gasteiger partial charge on any atom is 0.255 e. The molecule has 7 rings (SSSR count). The second-order valence-corrected chi connectivity index (χ2v) is 16.3.